The molecule has 0 aliphatic rings. The van der Waals surface area contributed by atoms with E-state index in [0.29, 0.717) is 5.71 Å². The highest BCUT2D eigenvalue weighted by atomic mass is 32.2. The molecule has 0 radical (unpaired) electrons. The summed E-state index contributed by atoms with van der Waals surface area (Å²) in [5.74, 6) is 0. The van der Waals surface area contributed by atoms with Gasteiger partial charge in [-0.25, -0.2) is 0 Å². The van der Waals surface area contributed by atoms with E-state index >= 15 is 0 Å². The fourth-order valence-corrected chi connectivity index (χ4v) is 3.02. The highest BCUT2D eigenvalue weighted by Gasteiger charge is 2.12. The van der Waals surface area contributed by atoms with E-state index in [1.165, 1.54) is 5.56 Å². The van der Waals surface area contributed by atoms with E-state index in [2.05, 4.69) is 16.9 Å². The lowest BCUT2D eigenvalue weighted by Gasteiger charge is -2.06. The number of hydrazone groups is 1. The van der Waals surface area contributed by atoms with Crippen molar-refractivity contribution in [3.8, 4) is 0 Å². The molecule has 0 spiro atoms. The highest BCUT2D eigenvalue weighted by Crippen LogP contribution is 2.11. The summed E-state index contributed by atoms with van der Waals surface area (Å²) in [6.45, 7) is 5.83. The molecule has 4 nitrogen and oxygen atoms in total. The topological polar surface area (TPSA) is 58.5 Å². The Morgan fingerprint density at radius 2 is 1.65 bits per heavy atom. The summed E-state index contributed by atoms with van der Waals surface area (Å²) < 4.78 is 24.4. The first kappa shape index (κ1) is 17.2. The summed E-state index contributed by atoms with van der Waals surface area (Å²) in [5, 5.41) is 4.02. The van der Waals surface area contributed by atoms with Gasteiger partial charge in [0.15, 0.2) is 0 Å². The molecule has 2 aromatic carbocycles. The van der Waals surface area contributed by atoms with Gasteiger partial charge in [0.1, 0.15) is 0 Å². The number of nitrogens with zero attached hydrogens (tertiary/aromatic N) is 1. The Labute approximate surface area is 138 Å². The van der Waals surface area contributed by atoms with Crippen LogP contribution >= 0.6 is 0 Å². The van der Waals surface area contributed by atoms with Gasteiger partial charge in [-0.15, -0.1) is 0 Å². The van der Waals surface area contributed by atoms with Gasteiger partial charge in [-0.2, -0.15) is 18.4 Å². The Balaban J connectivity index is 2.13. The summed E-state index contributed by atoms with van der Waals surface area (Å²) in [4.78, 5) is 2.50. The third-order valence-electron chi connectivity index (χ3n) is 3.58. The molecular formula is C18H22N2O2S. The molecule has 23 heavy (non-hydrogen) atoms. The Hall–Kier alpha value is -2.14. The smallest absolute Gasteiger partial charge is 0.200 e. The molecule has 0 saturated heterocycles. The van der Waals surface area contributed by atoms with Crippen molar-refractivity contribution in [1.82, 2.24) is 4.83 Å². The van der Waals surface area contributed by atoms with Gasteiger partial charge >= 0.3 is 0 Å². The Kier molecular flexibility index (Phi) is 5.55. The van der Waals surface area contributed by atoms with Gasteiger partial charge in [0.25, 0.3) is 10.0 Å². The molecule has 0 unspecified atom stereocenters. The van der Waals surface area contributed by atoms with Crippen molar-refractivity contribution >= 4 is 15.7 Å². The molecular weight excluding hydrogens is 308 g/mol. The van der Waals surface area contributed by atoms with E-state index in [0.717, 1.165) is 24.0 Å². The van der Waals surface area contributed by atoms with Crippen LogP contribution in [0.15, 0.2) is 58.5 Å². The van der Waals surface area contributed by atoms with Crippen LogP contribution in [0.4, 0.5) is 0 Å². The van der Waals surface area contributed by atoms with Crippen LogP contribution in [-0.4, -0.2) is 14.1 Å². The highest BCUT2D eigenvalue weighted by molar-refractivity contribution is 7.89. The van der Waals surface area contributed by atoms with Crippen LogP contribution in [0.25, 0.3) is 0 Å². The van der Waals surface area contributed by atoms with Crippen molar-refractivity contribution in [3.63, 3.8) is 0 Å². The van der Waals surface area contributed by atoms with Crippen molar-refractivity contribution in [2.45, 2.75) is 38.5 Å². The summed E-state index contributed by atoms with van der Waals surface area (Å²) in [5.41, 5.74) is 3.81. The zero-order valence-corrected chi connectivity index (χ0v) is 14.5. The van der Waals surface area contributed by atoms with Crippen LogP contribution in [0, 0.1) is 6.92 Å². The molecule has 2 rings (SSSR count). The number of rotatable bonds is 6. The molecule has 0 heterocycles. The van der Waals surface area contributed by atoms with E-state index in [4.69, 9.17) is 0 Å². The first-order valence-corrected chi connectivity index (χ1v) is 9.13. The average Bonchev–Trinajstić information content (AvgIpc) is 2.54. The predicted octanol–water partition coefficient (Wildman–Crippen LogP) is 3.65. The van der Waals surface area contributed by atoms with E-state index < -0.39 is 10.0 Å². The van der Waals surface area contributed by atoms with Crippen molar-refractivity contribution in [3.05, 3.63) is 65.2 Å². The normalized spacial score (nSPS) is 12.2. The van der Waals surface area contributed by atoms with Gasteiger partial charge in [-0.3, -0.25) is 0 Å². The number of aryl methyl sites for hydroxylation is 2. The van der Waals surface area contributed by atoms with Crippen molar-refractivity contribution < 1.29 is 8.42 Å². The van der Waals surface area contributed by atoms with Crippen LogP contribution in [0.2, 0.25) is 0 Å². The third kappa shape index (κ3) is 4.66. The van der Waals surface area contributed by atoms with Gasteiger partial charge in [0.05, 0.1) is 10.6 Å². The summed E-state index contributed by atoms with van der Waals surface area (Å²) >= 11 is 0. The van der Waals surface area contributed by atoms with Crippen LogP contribution in [-0.2, 0) is 16.4 Å². The van der Waals surface area contributed by atoms with E-state index in [1.807, 2.05) is 31.2 Å². The summed E-state index contributed by atoms with van der Waals surface area (Å²) in [6, 6.07) is 14.7. The van der Waals surface area contributed by atoms with Gasteiger partial charge < -0.3 is 0 Å². The fourth-order valence-electron chi connectivity index (χ4n) is 2.16. The molecule has 0 aliphatic carbocycles. The SMILES string of the molecule is CCCc1ccc(/C(C)=N\NS(=O)(=O)c2ccc(C)cc2)cc1. The number of sulfonamides is 1. The molecule has 0 amide bonds. The number of nitrogens with one attached hydrogen (secondary N) is 1. The predicted molar refractivity (Wildman–Crippen MR) is 94.1 cm³/mol. The minimum atomic E-state index is -3.63. The zero-order chi connectivity index (χ0) is 16.9. The first-order chi connectivity index (χ1) is 10.9. The van der Waals surface area contributed by atoms with Gasteiger partial charge in [0, 0.05) is 0 Å². The molecule has 2 aromatic rings. The first-order valence-electron chi connectivity index (χ1n) is 7.64. The maximum atomic E-state index is 12.2. The molecule has 1 N–H and O–H groups in total. The van der Waals surface area contributed by atoms with Crippen molar-refractivity contribution in [2.75, 3.05) is 0 Å². The largest absolute Gasteiger partial charge is 0.276 e. The van der Waals surface area contributed by atoms with Crippen molar-refractivity contribution in [2.24, 2.45) is 5.10 Å². The molecule has 0 aliphatic heterocycles. The molecule has 5 heteroatoms. The van der Waals surface area contributed by atoms with Crippen molar-refractivity contribution in [1.29, 1.82) is 0 Å². The van der Waals surface area contributed by atoms with E-state index in [1.54, 1.807) is 31.2 Å². The lowest BCUT2D eigenvalue weighted by molar-refractivity contribution is 0.584. The third-order valence-corrected chi connectivity index (χ3v) is 4.80. The number of hydrogen-bond acceptors (Lipinski definition) is 3. The monoisotopic (exact) mass is 330 g/mol. The average molecular weight is 330 g/mol. The lowest BCUT2D eigenvalue weighted by Crippen LogP contribution is -2.19. The minimum Gasteiger partial charge on any atom is -0.200 e. The number of hydrogen-bond donors (Lipinski definition) is 1. The van der Waals surface area contributed by atoms with Gasteiger partial charge in [0.2, 0.25) is 0 Å². The summed E-state index contributed by atoms with van der Waals surface area (Å²) in [6.07, 6.45) is 2.14. The van der Waals surface area contributed by atoms with E-state index in [9.17, 15) is 8.42 Å². The van der Waals surface area contributed by atoms with Crippen LogP contribution < -0.4 is 4.83 Å². The molecule has 0 aromatic heterocycles. The van der Waals surface area contributed by atoms with Gasteiger partial charge in [-0.05, 0) is 43.5 Å². The molecule has 0 atom stereocenters. The van der Waals surface area contributed by atoms with Crippen LogP contribution in [0.3, 0.4) is 0 Å². The van der Waals surface area contributed by atoms with E-state index in [-0.39, 0.29) is 4.90 Å². The molecule has 0 bridgehead atoms. The second-order valence-corrected chi connectivity index (χ2v) is 7.21. The molecule has 0 fully saturated rings. The van der Waals surface area contributed by atoms with Crippen LogP contribution in [0.5, 0.6) is 0 Å². The Bertz CT molecular complexity index is 777. The molecule has 0 saturated carbocycles. The maximum absolute atomic E-state index is 12.2. The Morgan fingerprint density at radius 1 is 1.04 bits per heavy atom. The minimum absolute atomic E-state index is 0.206. The number of benzene rings is 2. The quantitative estimate of drug-likeness (QED) is 0.649. The standard InChI is InChI=1S/C18H22N2O2S/c1-4-5-16-8-10-17(11-9-16)15(3)19-20-23(21,22)18-12-6-14(2)7-13-18/h6-13,20H,4-5H2,1-3H3/b19-15-. The maximum Gasteiger partial charge on any atom is 0.276 e. The molecule has 122 valence electrons. The fraction of sp³-hybridized carbons (Fsp3) is 0.278. The zero-order valence-electron chi connectivity index (χ0n) is 13.7. The second kappa shape index (κ2) is 7.42. The van der Waals surface area contributed by atoms with Gasteiger partial charge in [-0.1, -0.05) is 55.3 Å². The lowest BCUT2D eigenvalue weighted by atomic mass is 10.1. The summed E-state index contributed by atoms with van der Waals surface area (Å²) in [7, 11) is -3.63. The van der Waals surface area contributed by atoms with Crippen LogP contribution in [0.1, 0.15) is 37.0 Å². The second-order valence-electron chi connectivity index (χ2n) is 5.55. The Morgan fingerprint density at radius 3 is 2.22 bits per heavy atom.